The molecule has 3 aromatic rings. The Balaban J connectivity index is 1.73. The van der Waals surface area contributed by atoms with Crippen LogP contribution in [0.2, 0.25) is 0 Å². The fourth-order valence-electron chi connectivity index (χ4n) is 2.21. The first-order valence-electron chi connectivity index (χ1n) is 7.41. The van der Waals surface area contributed by atoms with Gasteiger partial charge in [0.05, 0.1) is 17.5 Å². The third-order valence-electron chi connectivity index (χ3n) is 3.48. The SMILES string of the molecule is Cc1ccc(-c2csc(N/N=C\c3ccccc3C(F)(F)F)n2)cc1. The summed E-state index contributed by atoms with van der Waals surface area (Å²) in [4.78, 5) is 4.38. The average molecular weight is 361 g/mol. The van der Waals surface area contributed by atoms with Crippen molar-refractivity contribution in [1.29, 1.82) is 0 Å². The van der Waals surface area contributed by atoms with Crippen molar-refractivity contribution >= 4 is 22.7 Å². The van der Waals surface area contributed by atoms with E-state index in [1.54, 1.807) is 0 Å². The summed E-state index contributed by atoms with van der Waals surface area (Å²) < 4.78 is 38.8. The van der Waals surface area contributed by atoms with Gasteiger partial charge in [0.1, 0.15) is 0 Å². The number of hydrogen-bond donors (Lipinski definition) is 1. The predicted molar refractivity (Wildman–Crippen MR) is 94.9 cm³/mol. The standard InChI is InChI=1S/C18H14F3N3S/c1-12-6-8-13(9-7-12)16-11-25-17(23-16)24-22-10-14-4-2-3-5-15(14)18(19,20)21/h2-11H,1H3,(H,23,24)/b22-10-. The number of nitrogens with zero attached hydrogens (tertiary/aromatic N) is 2. The number of aryl methyl sites for hydroxylation is 1. The summed E-state index contributed by atoms with van der Waals surface area (Å²) in [5.74, 6) is 0. The highest BCUT2D eigenvalue weighted by Crippen LogP contribution is 2.31. The molecular weight excluding hydrogens is 347 g/mol. The van der Waals surface area contributed by atoms with Crippen LogP contribution in [0, 0.1) is 6.92 Å². The second kappa shape index (κ2) is 7.06. The van der Waals surface area contributed by atoms with Gasteiger partial charge in [-0.2, -0.15) is 18.3 Å². The molecule has 1 N–H and O–H groups in total. The van der Waals surface area contributed by atoms with E-state index in [9.17, 15) is 13.2 Å². The molecule has 3 nitrogen and oxygen atoms in total. The first kappa shape index (κ1) is 17.2. The molecule has 7 heteroatoms. The van der Waals surface area contributed by atoms with Crippen LogP contribution >= 0.6 is 11.3 Å². The third-order valence-corrected chi connectivity index (χ3v) is 4.23. The van der Waals surface area contributed by atoms with Crippen LogP contribution in [0.25, 0.3) is 11.3 Å². The topological polar surface area (TPSA) is 37.3 Å². The highest BCUT2D eigenvalue weighted by Gasteiger charge is 2.32. The molecule has 0 saturated heterocycles. The van der Waals surface area contributed by atoms with Crippen LogP contribution in [0.5, 0.6) is 0 Å². The van der Waals surface area contributed by atoms with Crippen molar-refractivity contribution in [3.8, 4) is 11.3 Å². The lowest BCUT2D eigenvalue weighted by molar-refractivity contribution is -0.137. The molecule has 0 spiro atoms. The zero-order chi connectivity index (χ0) is 17.9. The Hall–Kier alpha value is -2.67. The van der Waals surface area contributed by atoms with Gasteiger partial charge < -0.3 is 0 Å². The summed E-state index contributed by atoms with van der Waals surface area (Å²) >= 11 is 1.34. The number of anilines is 1. The van der Waals surface area contributed by atoms with Gasteiger partial charge in [-0.05, 0) is 13.0 Å². The maximum absolute atomic E-state index is 12.9. The van der Waals surface area contributed by atoms with E-state index in [1.807, 2.05) is 36.6 Å². The minimum absolute atomic E-state index is 0.00202. The van der Waals surface area contributed by atoms with Crippen LogP contribution < -0.4 is 5.43 Å². The number of halogens is 3. The molecule has 128 valence electrons. The molecule has 0 amide bonds. The number of hydrazone groups is 1. The van der Waals surface area contributed by atoms with Crippen molar-refractivity contribution in [1.82, 2.24) is 4.98 Å². The molecule has 0 radical (unpaired) electrons. The van der Waals surface area contributed by atoms with Crippen LogP contribution in [0.1, 0.15) is 16.7 Å². The smallest absolute Gasteiger partial charge is 0.253 e. The number of aromatic nitrogens is 1. The van der Waals surface area contributed by atoms with Gasteiger partial charge in [0.2, 0.25) is 5.13 Å². The van der Waals surface area contributed by atoms with Gasteiger partial charge in [-0.25, -0.2) is 4.98 Å². The van der Waals surface area contributed by atoms with E-state index in [1.165, 1.54) is 29.5 Å². The van der Waals surface area contributed by atoms with E-state index >= 15 is 0 Å². The molecule has 0 unspecified atom stereocenters. The minimum atomic E-state index is -4.41. The van der Waals surface area contributed by atoms with Crippen molar-refractivity contribution in [2.75, 3.05) is 5.43 Å². The second-order valence-corrected chi connectivity index (χ2v) is 6.22. The van der Waals surface area contributed by atoms with Crippen LogP contribution in [0.4, 0.5) is 18.3 Å². The normalized spacial score (nSPS) is 11.8. The molecule has 0 aliphatic carbocycles. The molecule has 0 atom stereocenters. The molecule has 0 aliphatic heterocycles. The predicted octanol–water partition coefficient (Wildman–Crippen LogP) is 5.58. The lowest BCUT2D eigenvalue weighted by Crippen LogP contribution is -2.08. The molecule has 25 heavy (non-hydrogen) atoms. The summed E-state index contributed by atoms with van der Waals surface area (Å²) in [5.41, 5.74) is 4.88. The number of hydrogen-bond acceptors (Lipinski definition) is 4. The first-order chi connectivity index (χ1) is 11.9. The largest absolute Gasteiger partial charge is 0.417 e. The van der Waals surface area contributed by atoms with E-state index < -0.39 is 11.7 Å². The number of rotatable bonds is 4. The number of thiazole rings is 1. The minimum Gasteiger partial charge on any atom is -0.253 e. The van der Waals surface area contributed by atoms with E-state index in [0.29, 0.717) is 5.13 Å². The lowest BCUT2D eigenvalue weighted by atomic mass is 10.1. The van der Waals surface area contributed by atoms with Crippen molar-refractivity contribution in [3.05, 3.63) is 70.6 Å². The van der Waals surface area contributed by atoms with Crippen molar-refractivity contribution in [2.45, 2.75) is 13.1 Å². The third kappa shape index (κ3) is 4.24. The van der Waals surface area contributed by atoms with Gasteiger partial charge in [-0.15, -0.1) is 11.3 Å². The Labute approximate surface area is 146 Å². The molecular formula is C18H14F3N3S. The van der Waals surface area contributed by atoms with Crippen LogP contribution in [-0.4, -0.2) is 11.2 Å². The maximum atomic E-state index is 12.9. The number of benzene rings is 2. The summed E-state index contributed by atoms with van der Waals surface area (Å²) in [6.45, 7) is 2.01. The fourth-order valence-corrected chi connectivity index (χ4v) is 2.88. The Morgan fingerprint density at radius 1 is 1.08 bits per heavy atom. The summed E-state index contributed by atoms with van der Waals surface area (Å²) in [7, 11) is 0. The molecule has 1 aromatic heterocycles. The van der Waals surface area contributed by atoms with E-state index in [0.717, 1.165) is 29.1 Å². The number of nitrogens with one attached hydrogen (secondary N) is 1. The maximum Gasteiger partial charge on any atom is 0.417 e. The van der Waals surface area contributed by atoms with Gasteiger partial charge in [-0.1, -0.05) is 48.0 Å². The lowest BCUT2D eigenvalue weighted by Gasteiger charge is -2.08. The quantitative estimate of drug-likeness (QED) is 0.486. The Kier molecular flexibility index (Phi) is 4.85. The molecule has 0 saturated carbocycles. The Morgan fingerprint density at radius 3 is 2.52 bits per heavy atom. The van der Waals surface area contributed by atoms with E-state index in [-0.39, 0.29) is 5.56 Å². The monoisotopic (exact) mass is 361 g/mol. The zero-order valence-electron chi connectivity index (χ0n) is 13.2. The van der Waals surface area contributed by atoms with Gasteiger partial charge in [0, 0.05) is 16.5 Å². The Bertz CT molecular complexity index is 883. The second-order valence-electron chi connectivity index (χ2n) is 5.36. The van der Waals surface area contributed by atoms with Gasteiger partial charge in [0.15, 0.2) is 0 Å². The average Bonchev–Trinajstić information content (AvgIpc) is 3.04. The van der Waals surface area contributed by atoms with Gasteiger partial charge >= 0.3 is 6.18 Å². The van der Waals surface area contributed by atoms with Gasteiger partial charge in [0.25, 0.3) is 0 Å². The Morgan fingerprint density at radius 2 is 1.80 bits per heavy atom. The molecule has 0 fully saturated rings. The molecule has 0 aliphatic rings. The van der Waals surface area contributed by atoms with Crippen molar-refractivity contribution in [2.24, 2.45) is 5.10 Å². The van der Waals surface area contributed by atoms with Crippen LogP contribution in [-0.2, 0) is 6.18 Å². The van der Waals surface area contributed by atoms with Crippen LogP contribution in [0.15, 0.2) is 59.0 Å². The molecule has 1 heterocycles. The summed E-state index contributed by atoms with van der Waals surface area (Å²) in [6.07, 6.45) is -3.27. The van der Waals surface area contributed by atoms with Crippen molar-refractivity contribution in [3.63, 3.8) is 0 Å². The molecule has 0 bridgehead atoms. The molecule has 3 rings (SSSR count). The zero-order valence-corrected chi connectivity index (χ0v) is 14.0. The van der Waals surface area contributed by atoms with Crippen LogP contribution in [0.3, 0.4) is 0 Å². The fraction of sp³-hybridized carbons (Fsp3) is 0.111. The van der Waals surface area contributed by atoms with Gasteiger partial charge in [-0.3, -0.25) is 5.43 Å². The van der Waals surface area contributed by atoms with E-state index in [2.05, 4.69) is 15.5 Å². The number of alkyl halides is 3. The summed E-state index contributed by atoms with van der Waals surface area (Å²) in [5, 5.41) is 6.26. The van der Waals surface area contributed by atoms with Crippen molar-refractivity contribution < 1.29 is 13.2 Å². The molecule has 2 aromatic carbocycles. The highest BCUT2D eigenvalue weighted by atomic mass is 32.1. The highest BCUT2D eigenvalue weighted by molar-refractivity contribution is 7.14. The first-order valence-corrected chi connectivity index (χ1v) is 8.29. The van der Waals surface area contributed by atoms with E-state index in [4.69, 9.17) is 0 Å². The summed E-state index contributed by atoms with van der Waals surface area (Å²) in [6, 6.07) is 13.2.